The molecule has 1 amide bonds. The van der Waals surface area contributed by atoms with Gasteiger partial charge in [0.25, 0.3) is 0 Å². The van der Waals surface area contributed by atoms with E-state index in [4.69, 9.17) is 0 Å². The van der Waals surface area contributed by atoms with Gasteiger partial charge in [0.05, 0.1) is 5.92 Å². The van der Waals surface area contributed by atoms with Gasteiger partial charge in [-0.25, -0.2) is 13.2 Å². The molecule has 1 fully saturated rings. The first-order valence-corrected chi connectivity index (χ1v) is 8.76. The van der Waals surface area contributed by atoms with E-state index in [0.717, 1.165) is 5.56 Å². The average Bonchev–Trinajstić information content (AvgIpc) is 2.90. The summed E-state index contributed by atoms with van der Waals surface area (Å²) in [5.74, 6) is -4.35. The van der Waals surface area contributed by atoms with Gasteiger partial charge in [-0.3, -0.25) is 9.59 Å². The van der Waals surface area contributed by atoms with Crippen molar-refractivity contribution < 1.29 is 22.8 Å². The molecule has 1 N–H and O–H groups in total. The number of nitrogens with one attached hydrogen (secondary N) is 1. The molecular formula is C21H20F3NO2. The molecule has 0 saturated carbocycles. The standard InChI is InChI=1S/C21H20F3NO2/c1-11-3-4-13(17(22)5-11)8-14(26)9-15-16(10-25-21(15)27)20-18(23)6-12(2)7-19(20)24/h3-7,15-16H,8-10H2,1-2H3,(H,25,27)/t15-,16+/m0/s1. The molecular weight excluding hydrogens is 355 g/mol. The molecule has 0 aromatic heterocycles. The van der Waals surface area contributed by atoms with Gasteiger partial charge < -0.3 is 5.32 Å². The van der Waals surface area contributed by atoms with Crippen molar-refractivity contribution >= 4 is 11.7 Å². The zero-order valence-corrected chi connectivity index (χ0v) is 15.1. The Hall–Kier alpha value is -2.63. The molecule has 1 saturated heterocycles. The molecule has 1 heterocycles. The fourth-order valence-corrected chi connectivity index (χ4v) is 3.60. The molecule has 0 bridgehead atoms. The monoisotopic (exact) mass is 375 g/mol. The minimum absolute atomic E-state index is 0.0621. The maximum absolute atomic E-state index is 14.3. The van der Waals surface area contributed by atoms with Crippen LogP contribution in [0.1, 0.15) is 34.6 Å². The van der Waals surface area contributed by atoms with Crippen LogP contribution in [0, 0.1) is 37.2 Å². The van der Waals surface area contributed by atoms with Gasteiger partial charge in [0.1, 0.15) is 23.2 Å². The number of Topliss-reactive ketones (excluding diaryl/α,β-unsaturated/α-hetero) is 1. The molecule has 6 heteroatoms. The van der Waals surface area contributed by atoms with Gasteiger partial charge in [-0.1, -0.05) is 12.1 Å². The molecule has 0 radical (unpaired) electrons. The molecule has 0 unspecified atom stereocenters. The summed E-state index contributed by atoms with van der Waals surface area (Å²) in [6, 6.07) is 7.00. The van der Waals surface area contributed by atoms with Crippen molar-refractivity contribution in [1.82, 2.24) is 5.32 Å². The second-order valence-corrected chi connectivity index (χ2v) is 7.11. The zero-order chi connectivity index (χ0) is 19.7. The Morgan fingerprint density at radius 3 is 2.30 bits per heavy atom. The quantitative estimate of drug-likeness (QED) is 0.865. The summed E-state index contributed by atoms with van der Waals surface area (Å²) in [5, 5.41) is 2.58. The average molecular weight is 375 g/mol. The van der Waals surface area contributed by atoms with Crippen molar-refractivity contribution in [2.75, 3.05) is 6.54 Å². The third-order valence-electron chi connectivity index (χ3n) is 4.96. The number of halogens is 3. The topological polar surface area (TPSA) is 46.2 Å². The number of carbonyl (C=O) groups excluding carboxylic acids is 2. The van der Waals surface area contributed by atoms with Crippen molar-refractivity contribution in [1.29, 1.82) is 0 Å². The van der Waals surface area contributed by atoms with Crippen LogP contribution in [-0.2, 0) is 16.0 Å². The Morgan fingerprint density at radius 2 is 1.67 bits per heavy atom. The number of rotatable bonds is 5. The molecule has 2 atom stereocenters. The van der Waals surface area contributed by atoms with Gasteiger partial charge in [0.15, 0.2) is 0 Å². The van der Waals surface area contributed by atoms with Gasteiger partial charge >= 0.3 is 0 Å². The number of hydrogen-bond donors (Lipinski definition) is 1. The molecule has 3 rings (SSSR count). The summed E-state index contributed by atoms with van der Waals surface area (Å²) >= 11 is 0. The number of carbonyl (C=O) groups is 2. The highest BCUT2D eigenvalue weighted by Gasteiger charge is 2.39. The van der Waals surface area contributed by atoms with Gasteiger partial charge in [-0.15, -0.1) is 0 Å². The number of aryl methyl sites for hydroxylation is 2. The van der Waals surface area contributed by atoms with Crippen molar-refractivity contribution in [2.45, 2.75) is 32.6 Å². The number of ketones is 1. The molecule has 2 aromatic carbocycles. The highest BCUT2D eigenvalue weighted by Crippen LogP contribution is 2.35. The molecule has 1 aliphatic heterocycles. The van der Waals surface area contributed by atoms with Crippen LogP contribution < -0.4 is 5.32 Å². The first-order chi connectivity index (χ1) is 12.8. The summed E-state index contributed by atoms with van der Waals surface area (Å²) in [4.78, 5) is 24.6. The highest BCUT2D eigenvalue weighted by molar-refractivity contribution is 5.90. The molecule has 142 valence electrons. The Labute approximate surface area is 155 Å². The van der Waals surface area contributed by atoms with Gasteiger partial charge in [0, 0.05) is 30.9 Å². The molecule has 3 nitrogen and oxygen atoms in total. The fourth-order valence-electron chi connectivity index (χ4n) is 3.60. The lowest BCUT2D eigenvalue weighted by atomic mass is 9.83. The summed E-state index contributed by atoms with van der Waals surface area (Å²) < 4.78 is 42.6. The van der Waals surface area contributed by atoms with Gasteiger partial charge in [-0.2, -0.15) is 0 Å². The van der Waals surface area contributed by atoms with Crippen LogP contribution in [0.25, 0.3) is 0 Å². The van der Waals surface area contributed by atoms with E-state index in [1.165, 1.54) is 24.3 Å². The van der Waals surface area contributed by atoms with Crippen molar-refractivity contribution in [2.24, 2.45) is 5.92 Å². The third-order valence-corrected chi connectivity index (χ3v) is 4.96. The van der Waals surface area contributed by atoms with Gasteiger partial charge in [-0.05, 0) is 48.7 Å². The van der Waals surface area contributed by atoms with Crippen LogP contribution in [0.4, 0.5) is 13.2 Å². The van der Waals surface area contributed by atoms with E-state index in [-0.39, 0.29) is 36.3 Å². The first-order valence-electron chi connectivity index (χ1n) is 8.76. The van der Waals surface area contributed by atoms with E-state index in [0.29, 0.717) is 5.56 Å². The number of amides is 1. The second-order valence-electron chi connectivity index (χ2n) is 7.11. The van der Waals surface area contributed by atoms with E-state index < -0.39 is 35.2 Å². The van der Waals surface area contributed by atoms with E-state index >= 15 is 0 Å². The maximum atomic E-state index is 14.3. The van der Waals surface area contributed by atoms with Crippen molar-refractivity contribution in [3.8, 4) is 0 Å². The second kappa shape index (κ2) is 7.55. The minimum atomic E-state index is -0.877. The Morgan fingerprint density at radius 1 is 1.04 bits per heavy atom. The first kappa shape index (κ1) is 19.1. The Bertz CT molecular complexity index is 887. The molecule has 0 aliphatic carbocycles. The molecule has 0 spiro atoms. The highest BCUT2D eigenvalue weighted by atomic mass is 19.1. The molecule has 1 aliphatic rings. The summed E-state index contributed by atoms with van der Waals surface area (Å²) in [7, 11) is 0. The lowest BCUT2D eigenvalue weighted by molar-refractivity contribution is -0.127. The van der Waals surface area contributed by atoms with E-state index in [2.05, 4.69) is 5.32 Å². The summed E-state index contributed by atoms with van der Waals surface area (Å²) in [5.41, 5.74) is 1.24. The van der Waals surface area contributed by atoms with Crippen LogP contribution in [0.3, 0.4) is 0 Å². The largest absolute Gasteiger partial charge is 0.355 e. The van der Waals surface area contributed by atoms with Crippen LogP contribution in [-0.4, -0.2) is 18.2 Å². The lowest BCUT2D eigenvalue weighted by Crippen LogP contribution is -2.23. The number of benzene rings is 2. The minimum Gasteiger partial charge on any atom is -0.355 e. The van der Waals surface area contributed by atoms with Crippen LogP contribution in [0.5, 0.6) is 0 Å². The fraction of sp³-hybridized carbons (Fsp3) is 0.333. The molecule has 27 heavy (non-hydrogen) atoms. The zero-order valence-electron chi connectivity index (χ0n) is 15.1. The van der Waals surface area contributed by atoms with Crippen LogP contribution in [0.2, 0.25) is 0 Å². The number of hydrogen-bond acceptors (Lipinski definition) is 2. The predicted octanol–water partition coefficient (Wildman–Crippen LogP) is 3.75. The summed E-state index contributed by atoms with van der Waals surface area (Å²) in [6.45, 7) is 3.38. The van der Waals surface area contributed by atoms with Crippen LogP contribution in [0.15, 0.2) is 30.3 Å². The van der Waals surface area contributed by atoms with Crippen LogP contribution >= 0.6 is 0 Å². The van der Waals surface area contributed by atoms with Crippen molar-refractivity contribution in [3.05, 3.63) is 70.0 Å². The third kappa shape index (κ3) is 4.04. The van der Waals surface area contributed by atoms with E-state index in [1.54, 1.807) is 19.9 Å². The smallest absolute Gasteiger partial charge is 0.224 e. The molecule has 2 aromatic rings. The Balaban J connectivity index is 1.80. The van der Waals surface area contributed by atoms with E-state index in [9.17, 15) is 22.8 Å². The maximum Gasteiger partial charge on any atom is 0.224 e. The van der Waals surface area contributed by atoms with Gasteiger partial charge in [0.2, 0.25) is 5.91 Å². The SMILES string of the molecule is Cc1ccc(CC(=O)C[C@@H]2C(=O)NC[C@H]2c2c(F)cc(C)cc2F)c(F)c1. The van der Waals surface area contributed by atoms with E-state index in [1.807, 2.05) is 0 Å². The summed E-state index contributed by atoms with van der Waals surface area (Å²) in [6.07, 6.45) is -0.363. The Kier molecular flexibility index (Phi) is 5.35. The predicted molar refractivity (Wildman–Crippen MR) is 94.8 cm³/mol. The lowest BCUT2D eigenvalue weighted by Gasteiger charge is -2.18. The normalized spacial score (nSPS) is 19.2. The van der Waals surface area contributed by atoms with Crippen molar-refractivity contribution in [3.63, 3.8) is 0 Å².